The summed E-state index contributed by atoms with van der Waals surface area (Å²) in [6, 6.07) is 0. The fourth-order valence-corrected chi connectivity index (χ4v) is 1.05. The van der Waals surface area contributed by atoms with Gasteiger partial charge in [-0.2, -0.15) is 8.79 Å². The average Bonchev–Trinajstić information content (AvgIpc) is 1.91. The predicted molar refractivity (Wildman–Crippen MR) is 54.0 cm³/mol. The van der Waals surface area contributed by atoms with E-state index in [1.165, 1.54) is 6.20 Å². The van der Waals surface area contributed by atoms with E-state index in [2.05, 4.69) is 4.40 Å². The molecule has 0 aromatic carbocycles. The Morgan fingerprint density at radius 3 is 2.80 bits per heavy atom. The van der Waals surface area contributed by atoms with Crippen LogP contribution in [0.25, 0.3) is 0 Å². The third kappa shape index (κ3) is 3.45. The van der Waals surface area contributed by atoms with Crippen molar-refractivity contribution in [1.29, 1.82) is 0 Å². The molecule has 0 aliphatic heterocycles. The summed E-state index contributed by atoms with van der Waals surface area (Å²) in [6.07, 6.45) is 1.19. The van der Waals surface area contributed by atoms with Crippen molar-refractivity contribution in [3.05, 3.63) is 11.7 Å². The van der Waals surface area contributed by atoms with Crippen LogP contribution < -0.4 is 5.73 Å². The second-order valence-corrected chi connectivity index (χ2v) is 2.86. The summed E-state index contributed by atoms with van der Waals surface area (Å²) in [5.41, 5.74) is 5.41. The number of nitrogens with zero attached hydrogens (tertiary/aromatic N) is 1. The summed E-state index contributed by atoms with van der Waals surface area (Å²) >= 11 is 1.88. The van der Waals surface area contributed by atoms with Gasteiger partial charge in [0.25, 0.3) is 0 Å². The van der Waals surface area contributed by atoms with Crippen LogP contribution in [0.15, 0.2) is 16.1 Å². The van der Waals surface area contributed by atoms with Gasteiger partial charge in [-0.3, -0.25) is 0 Å². The zero-order valence-electron chi connectivity index (χ0n) is 5.34. The van der Waals surface area contributed by atoms with Gasteiger partial charge in [-0.1, -0.05) is 6.82 Å². The first-order valence-corrected chi connectivity index (χ1v) is 5.80. The van der Waals surface area contributed by atoms with Gasteiger partial charge in [0.2, 0.25) is 5.97 Å². The molecule has 0 aliphatic carbocycles. The zero-order valence-corrected chi connectivity index (χ0v) is 8.32. The molecule has 10 heavy (non-hydrogen) atoms. The minimum absolute atomic E-state index is 0.323. The molecular formula is C4H6BFIN2S. The normalized spacial score (nSPS) is 13.5. The topological polar surface area (TPSA) is 38.4 Å². The van der Waals surface area contributed by atoms with Gasteiger partial charge in [0.05, 0.1) is 9.12 Å². The van der Waals surface area contributed by atoms with Crippen molar-refractivity contribution >= 4 is 43.6 Å². The van der Waals surface area contributed by atoms with Crippen molar-refractivity contribution in [2.75, 3.05) is 0 Å². The largest absolute Gasteiger partial charge is 0.405 e. The standard InChI is InChI=1S/C4H6BFIN2S/c1-5-3(2-8)4(6)9-10-7/h2H,8H2,1H3/b3-2+,9-4-. The van der Waals surface area contributed by atoms with E-state index < -0.39 is 5.97 Å². The summed E-state index contributed by atoms with van der Waals surface area (Å²) in [7, 11) is 2.60. The smallest absolute Gasteiger partial charge is 0.215 e. The van der Waals surface area contributed by atoms with Gasteiger partial charge in [0.15, 0.2) is 7.28 Å². The zero-order chi connectivity index (χ0) is 7.98. The minimum atomic E-state index is -0.538. The Morgan fingerprint density at radius 2 is 2.50 bits per heavy atom. The van der Waals surface area contributed by atoms with E-state index in [1.807, 2.05) is 21.2 Å². The molecule has 0 rings (SSSR count). The van der Waals surface area contributed by atoms with Crippen LogP contribution in [-0.2, 0) is 0 Å². The molecule has 0 spiro atoms. The van der Waals surface area contributed by atoms with E-state index >= 15 is 0 Å². The Labute approximate surface area is 76.5 Å². The summed E-state index contributed by atoms with van der Waals surface area (Å²) < 4.78 is 16.1. The lowest BCUT2D eigenvalue weighted by Crippen LogP contribution is -2.03. The molecule has 0 unspecified atom stereocenters. The maximum atomic E-state index is 12.6. The number of hydrogen-bond donors (Lipinski definition) is 1. The quantitative estimate of drug-likeness (QED) is 0.368. The average molecular weight is 271 g/mol. The van der Waals surface area contributed by atoms with Crippen LogP contribution in [0.3, 0.4) is 0 Å². The first kappa shape index (κ1) is 10.3. The van der Waals surface area contributed by atoms with E-state index in [4.69, 9.17) is 5.73 Å². The fourth-order valence-electron chi connectivity index (χ4n) is 0.367. The number of hydrogen-bond acceptors (Lipinski definition) is 3. The van der Waals surface area contributed by atoms with Gasteiger partial charge in [-0.25, -0.2) is 0 Å². The molecule has 0 aromatic rings. The lowest BCUT2D eigenvalue weighted by atomic mass is 9.73. The fraction of sp³-hybridized carbons (Fsp3) is 0.250. The lowest BCUT2D eigenvalue weighted by molar-refractivity contribution is 0.814. The molecule has 0 aromatic heterocycles. The molecule has 2 nitrogen and oxygen atoms in total. The summed E-state index contributed by atoms with van der Waals surface area (Å²) in [5.74, 6) is -0.538. The van der Waals surface area contributed by atoms with Crippen molar-refractivity contribution in [2.24, 2.45) is 10.1 Å². The molecule has 0 amide bonds. The monoisotopic (exact) mass is 271 g/mol. The van der Waals surface area contributed by atoms with Crippen LogP contribution in [0, 0.1) is 0 Å². The van der Waals surface area contributed by atoms with Crippen LogP contribution in [0.4, 0.5) is 4.39 Å². The molecular weight excluding hydrogens is 265 g/mol. The summed E-state index contributed by atoms with van der Waals surface area (Å²) in [5, 5.41) is 0. The van der Waals surface area contributed by atoms with Gasteiger partial charge in [-0.15, -0.1) is 0 Å². The maximum absolute atomic E-state index is 12.6. The predicted octanol–water partition coefficient (Wildman–Crippen LogP) is 1.91. The molecule has 0 atom stereocenters. The van der Waals surface area contributed by atoms with E-state index in [9.17, 15) is 4.39 Å². The second-order valence-electron chi connectivity index (χ2n) is 1.36. The number of rotatable bonds is 3. The molecule has 55 valence electrons. The Kier molecular flexibility index (Phi) is 6.20. The van der Waals surface area contributed by atoms with Crippen molar-refractivity contribution in [3.8, 4) is 0 Å². The number of allylic oxidation sites excluding steroid dienone is 1. The van der Waals surface area contributed by atoms with Gasteiger partial charge < -0.3 is 5.73 Å². The van der Waals surface area contributed by atoms with Gasteiger partial charge in [0, 0.05) is 21.2 Å². The van der Waals surface area contributed by atoms with E-state index in [-0.39, 0.29) is 0 Å². The highest BCUT2D eigenvalue weighted by atomic mass is 127. The molecule has 6 heteroatoms. The first-order valence-electron chi connectivity index (χ1n) is 2.49. The third-order valence-corrected chi connectivity index (χ3v) is 1.66. The number of halogens is 2. The van der Waals surface area contributed by atoms with Crippen LogP contribution in [-0.4, -0.2) is 13.2 Å². The highest BCUT2D eigenvalue weighted by molar-refractivity contribution is 14.2. The molecule has 0 aliphatic rings. The van der Waals surface area contributed by atoms with Gasteiger partial charge >= 0.3 is 0 Å². The maximum Gasteiger partial charge on any atom is 0.215 e. The molecule has 0 bridgehead atoms. The van der Waals surface area contributed by atoms with Gasteiger partial charge in [-0.05, 0) is 11.7 Å². The Balaban J connectivity index is 4.16. The first-order chi connectivity index (χ1) is 4.76. The van der Waals surface area contributed by atoms with Crippen molar-refractivity contribution in [1.82, 2.24) is 0 Å². The minimum Gasteiger partial charge on any atom is -0.405 e. The van der Waals surface area contributed by atoms with Crippen molar-refractivity contribution in [2.45, 2.75) is 6.82 Å². The van der Waals surface area contributed by atoms with Crippen LogP contribution in [0.2, 0.25) is 6.82 Å². The van der Waals surface area contributed by atoms with Crippen LogP contribution >= 0.6 is 30.3 Å². The Morgan fingerprint density at radius 1 is 1.90 bits per heavy atom. The Bertz CT molecular complexity index is 161. The lowest BCUT2D eigenvalue weighted by Gasteiger charge is -1.94. The van der Waals surface area contributed by atoms with Gasteiger partial charge in [0.1, 0.15) is 0 Å². The van der Waals surface area contributed by atoms with E-state index in [1.54, 1.807) is 14.1 Å². The van der Waals surface area contributed by atoms with Crippen LogP contribution in [0.5, 0.6) is 0 Å². The molecule has 0 saturated heterocycles. The number of nitrogens with two attached hydrogens (primary N) is 1. The molecule has 0 fully saturated rings. The highest BCUT2D eigenvalue weighted by Crippen LogP contribution is 2.14. The van der Waals surface area contributed by atoms with Crippen molar-refractivity contribution in [3.63, 3.8) is 0 Å². The third-order valence-electron chi connectivity index (χ3n) is 0.843. The van der Waals surface area contributed by atoms with E-state index in [0.29, 0.717) is 5.47 Å². The summed E-state index contributed by atoms with van der Waals surface area (Å²) in [6.45, 7) is 1.70. The van der Waals surface area contributed by atoms with Crippen molar-refractivity contribution < 1.29 is 4.39 Å². The molecule has 0 heterocycles. The highest BCUT2D eigenvalue weighted by Gasteiger charge is 2.02. The molecule has 1 radical (unpaired) electrons. The molecule has 0 saturated carbocycles. The Hall–Kier alpha value is 0.285. The molecule has 2 N–H and O–H groups in total. The summed E-state index contributed by atoms with van der Waals surface area (Å²) in [4.78, 5) is 0. The van der Waals surface area contributed by atoms with Crippen LogP contribution in [0.1, 0.15) is 0 Å². The second kappa shape index (κ2) is 6.02. The SMILES string of the molecule is C[B]C(=C/N)/C(F)=N/SI. The van der Waals surface area contributed by atoms with E-state index in [0.717, 1.165) is 9.12 Å².